The van der Waals surface area contributed by atoms with Gasteiger partial charge in [0.2, 0.25) is 0 Å². The lowest BCUT2D eigenvalue weighted by Crippen LogP contribution is -2.00. The summed E-state index contributed by atoms with van der Waals surface area (Å²) in [5.74, 6) is -0.876. The lowest BCUT2D eigenvalue weighted by atomic mass is 9.97. The summed E-state index contributed by atoms with van der Waals surface area (Å²) in [6.45, 7) is 2.02. The highest BCUT2D eigenvalue weighted by Crippen LogP contribution is 2.24. The molecule has 0 heterocycles. The first-order valence-electron chi connectivity index (χ1n) is 5.64. The normalized spacial score (nSPS) is 10.2. The van der Waals surface area contributed by atoms with E-state index in [1.807, 2.05) is 49.4 Å². The Kier molecular flexibility index (Phi) is 3.24. The van der Waals surface area contributed by atoms with Crippen molar-refractivity contribution in [2.75, 3.05) is 0 Å². The van der Waals surface area contributed by atoms with Crippen molar-refractivity contribution in [3.05, 3.63) is 59.7 Å². The van der Waals surface area contributed by atoms with Crippen LogP contribution in [0.1, 0.15) is 22.8 Å². The lowest BCUT2D eigenvalue weighted by molar-refractivity contribution is 0.0697. The average molecular weight is 226 g/mol. The molecule has 0 amide bonds. The van der Waals surface area contributed by atoms with E-state index in [0.717, 1.165) is 23.1 Å². The van der Waals surface area contributed by atoms with E-state index in [1.54, 1.807) is 6.07 Å². The summed E-state index contributed by atoms with van der Waals surface area (Å²) in [5, 5.41) is 9.25. The molecule has 1 N–H and O–H groups in total. The van der Waals surface area contributed by atoms with Gasteiger partial charge in [0.25, 0.3) is 0 Å². The van der Waals surface area contributed by atoms with Crippen LogP contribution in [0.4, 0.5) is 0 Å². The van der Waals surface area contributed by atoms with Crippen LogP contribution < -0.4 is 0 Å². The quantitative estimate of drug-likeness (QED) is 0.868. The van der Waals surface area contributed by atoms with Gasteiger partial charge in [-0.05, 0) is 29.2 Å². The van der Waals surface area contributed by atoms with Gasteiger partial charge in [-0.3, -0.25) is 0 Å². The molecule has 0 aromatic heterocycles. The number of hydrogen-bond acceptors (Lipinski definition) is 1. The van der Waals surface area contributed by atoms with E-state index in [4.69, 9.17) is 0 Å². The van der Waals surface area contributed by atoms with Gasteiger partial charge < -0.3 is 5.11 Å². The van der Waals surface area contributed by atoms with E-state index in [0.29, 0.717) is 5.56 Å². The summed E-state index contributed by atoms with van der Waals surface area (Å²) >= 11 is 0. The molecule has 2 rings (SSSR count). The van der Waals surface area contributed by atoms with Crippen LogP contribution in [0.25, 0.3) is 11.1 Å². The highest BCUT2D eigenvalue weighted by molar-refractivity contribution is 5.96. The number of carboxylic acid groups (broad SMARTS) is 1. The Labute approximate surface area is 101 Å². The van der Waals surface area contributed by atoms with Crippen molar-refractivity contribution in [2.45, 2.75) is 13.3 Å². The van der Waals surface area contributed by atoms with Crippen molar-refractivity contribution >= 4 is 5.97 Å². The van der Waals surface area contributed by atoms with E-state index in [9.17, 15) is 9.90 Å². The molecule has 0 aliphatic rings. The Balaban J connectivity index is 2.58. The Morgan fingerprint density at radius 3 is 2.41 bits per heavy atom. The second-order valence-corrected chi connectivity index (χ2v) is 3.90. The van der Waals surface area contributed by atoms with Crippen molar-refractivity contribution in [2.24, 2.45) is 0 Å². The zero-order valence-corrected chi connectivity index (χ0v) is 9.68. The Bertz CT molecular complexity index is 530. The molecular weight excluding hydrogens is 212 g/mol. The SMILES string of the molecule is CCc1ccc(-c2ccccc2)c(C(=O)O)c1. The maximum absolute atomic E-state index is 11.3. The molecule has 0 saturated heterocycles. The van der Waals surface area contributed by atoms with Crippen LogP contribution in [0, 0.1) is 0 Å². The highest BCUT2D eigenvalue weighted by atomic mass is 16.4. The summed E-state index contributed by atoms with van der Waals surface area (Å²) in [5.41, 5.74) is 3.13. The standard InChI is InChI=1S/C15H14O2/c1-2-11-8-9-13(14(10-11)15(16)17)12-6-4-3-5-7-12/h3-10H,2H2,1H3,(H,16,17). The van der Waals surface area contributed by atoms with Gasteiger partial charge in [-0.2, -0.15) is 0 Å². The lowest BCUT2D eigenvalue weighted by Gasteiger charge is -2.08. The van der Waals surface area contributed by atoms with Crippen LogP contribution in [0.15, 0.2) is 48.5 Å². The van der Waals surface area contributed by atoms with Gasteiger partial charge in [-0.25, -0.2) is 4.79 Å². The van der Waals surface area contributed by atoms with Crippen LogP contribution >= 0.6 is 0 Å². The number of rotatable bonds is 3. The minimum Gasteiger partial charge on any atom is -0.478 e. The van der Waals surface area contributed by atoms with Gasteiger partial charge >= 0.3 is 5.97 Å². The molecule has 2 aromatic carbocycles. The zero-order valence-electron chi connectivity index (χ0n) is 9.68. The smallest absolute Gasteiger partial charge is 0.336 e. The van der Waals surface area contributed by atoms with Gasteiger partial charge in [0.1, 0.15) is 0 Å². The van der Waals surface area contributed by atoms with Gasteiger partial charge in [0.05, 0.1) is 5.56 Å². The third-order valence-electron chi connectivity index (χ3n) is 2.81. The molecule has 2 nitrogen and oxygen atoms in total. The minimum absolute atomic E-state index is 0.371. The predicted octanol–water partition coefficient (Wildman–Crippen LogP) is 3.61. The first-order chi connectivity index (χ1) is 8.22. The van der Waals surface area contributed by atoms with Gasteiger partial charge in [0, 0.05) is 0 Å². The van der Waals surface area contributed by atoms with Crippen LogP contribution in [-0.4, -0.2) is 11.1 Å². The fourth-order valence-corrected chi connectivity index (χ4v) is 1.86. The molecule has 0 spiro atoms. The molecule has 17 heavy (non-hydrogen) atoms. The van der Waals surface area contributed by atoms with Gasteiger partial charge in [-0.1, -0.05) is 49.4 Å². The van der Waals surface area contributed by atoms with Crippen molar-refractivity contribution in [3.8, 4) is 11.1 Å². The second-order valence-electron chi connectivity index (χ2n) is 3.90. The molecule has 0 aliphatic heterocycles. The molecule has 0 radical (unpaired) electrons. The number of aromatic carboxylic acids is 1. The van der Waals surface area contributed by atoms with Crippen LogP contribution in [0.3, 0.4) is 0 Å². The molecule has 2 heteroatoms. The third-order valence-corrected chi connectivity index (χ3v) is 2.81. The fourth-order valence-electron chi connectivity index (χ4n) is 1.86. The summed E-state index contributed by atoms with van der Waals surface area (Å²) in [6.07, 6.45) is 0.843. The molecular formula is C15H14O2. The van der Waals surface area contributed by atoms with Gasteiger partial charge in [-0.15, -0.1) is 0 Å². The predicted molar refractivity (Wildman–Crippen MR) is 68.2 cm³/mol. The highest BCUT2D eigenvalue weighted by Gasteiger charge is 2.11. The molecule has 0 unspecified atom stereocenters. The molecule has 2 aromatic rings. The fraction of sp³-hybridized carbons (Fsp3) is 0.133. The first-order valence-corrected chi connectivity index (χ1v) is 5.64. The first kappa shape index (κ1) is 11.4. The maximum atomic E-state index is 11.3. The number of hydrogen-bond donors (Lipinski definition) is 1. The molecule has 0 atom stereocenters. The van der Waals surface area contributed by atoms with Crippen LogP contribution in [-0.2, 0) is 6.42 Å². The Morgan fingerprint density at radius 1 is 1.12 bits per heavy atom. The van der Waals surface area contributed by atoms with Crippen LogP contribution in [0.5, 0.6) is 0 Å². The van der Waals surface area contributed by atoms with Crippen LogP contribution in [0.2, 0.25) is 0 Å². The van der Waals surface area contributed by atoms with Gasteiger partial charge in [0.15, 0.2) is 0 Å². The van der Waals surface area contributed by atoms with Crippen molar-refractivity contribution in [1.29, 1.82) is 0 Å². The topological polar surface area (TPSA) is 37.3 Å². The summed E-state index contributed by atoms with van der Waals surface area (Å²) in [6, 6.07) is 15.2. The Morgan fingerprint density at radius 2 is 1.82 bits per heavy atom. The zero-order chi connectivity index (χ0) is 12.3. The van der Waals surface area contributed by atoms with Crippen molar-refractivity contribution < 1.29 is 9.90 Å². The average Bonchev–Trinajstić information content (AvgIpc) is 2.39. The summed E-state index contributed by atoms with van der Waals surface area (Å²) in [4.78, 5) is 11.3. The monoisotopic (exact) mass is 226 g/mol. The number of benzene rings is 2. The minimum atomic E-state index is -0.876. The maximum Gasteiger partial charge on any atom is 0.336 e. The van der Waals surface area contributed by atoms with Crippen molar-refractivity contribution in [1.82, 2.24) is 0 Å². The van der Waals surface area contributed by atoms with E-state index in [1.165, 1.54) is 0 Å². The van der Waals surface area contributed by atoms with Crippen molar-refractivity contribution in [3.63, 3.8) is 0 Å². The number of carboxylic acids is 1. The van der Waals surface area contributed by atoms with E-state index < -0.39 is 5.97 Å². The molecule has 86 valence electrons. The van der Waals surface area contributed by atoms with E-state index in [-0.39, 0.29) is 0 Å². The molecule has 0 aliphatic carbocycles. The van der Waals surface area contributed by atoms with E-state index >= 15 is 0 Å². The second kappa shape index (κ2) is 4.83. The molecule has 0 fully saturated rings. The largest absolute Gasteiger partial charge is 0.478 e. The summed E-state index contributed by atoms with van der Waals surface area (Å²) in [7, 11) is 0. The third kappa shape index (κ3) is 2.36. The Hall–Kier alpha value is -2.09. The number of aryl methyl sites for hydroxylation is 1. The molecule has 0 saturated carbocycles. The number of carbonyl (C=O) groups is 1. The van der Waals surface area contributed by atoms with E-state index in [2.05, 4.69) is 0 Å². The summed E-state index contributed by atoms with van der Waals surface area (Å²) < 4.78 is 0. The molecule has 0 bridgehead atoms.